The number of nitrogens with zero attached hydrogens (tertiary/aromatic N) is 1. The van der Waals surface area contributed by atoms with E-state index >= 15 is 0 Å². The van der Waals surface area contributed by atoms with E-state index in [4.69, 9.17) is 10.5 Å². The monoisotopic (exact) mass is 319 g/mol. The van der Waals surface area contributed by atoms with Gasteiger partial charge in [0.15, 0.2) is 0 Å². The van der Waals surface area contributed by atoms with Gasteiger partial charge in [-0.05, 0) is 44.5 Å². The van der Waals surface area contributed by atoms with Crippen LogP contribution in [0.2, 0.25) is 0 Å². The Morgan fingerprint density at radius 1 is 1.30 bits per heavy atom. The zero-order chi connectivity index (χ0) is 16.7. The normalized spacial score (nSPS) is 20.7. The van der Waals surface area contributed by atoms with Crippen molar-refractivity contribution in [2.45, 2.75) is 39.2 Å². The molecule has 0 aliphatic heterocycles. The van der Waals surface area contributed by atoms with E-state index in [0.717, 1.165) is 50.3 Å². The molecule has 5 heteroatoms. The highest BCUT2D eigenvalue weighted by Crippen LogP contribution is 2.28. The van der Waals surface area contributed by atoms with Crippen molar-refractivity contribution < 1.29 is 9.53 Å². The number of nitrogens with one attached hydrogen (secondary N) is 1. The number of ether oxygens (including phenoxy) is 1. The Labute approximate surface area is 139 Å². The number of hydrogen-bond acceptors (Lipinski definition) is 4. The van der Waals surface area contributed by atoms with Gasteiger partial charge in [-0.15, -0.1) is 0 Å². The first kappa shape index (κ1) is 17.8. The Bertz CT molecular complexity index is 503. The molecule has 128 valence electrons. The smallest absolute Gasteiger partial charge is 0.227 e. The Morgan fingerprint density at radius 2 is 2.04 bits per heavy atom. The molecule has 2 unspecified atom stereocenters. The van der Waals surface area contributed by atoms with Crippen LogP contribution in [0.5, 0.6) is 5.75 Å². The van der Waals surface area contributed by atoms with Crippen LogP contribution in [0.4, 0.5) is 5.69 Å². The summed E-state index contributed by atoms with van der Waals surface area (Å²) >= 11 is 0. The van der Waals surface area contributed by atoms with E-state index in [9.17, 15) is 4.79 Å². The fourth-order valence-electron chi connectivity index (χ4n) is 3.01. The third-order valence-electron chi connectivity index (χ3n) is 4.55. The molecule has 0 spiro atoms. The van der Waals surface area contributed by atoms with E-state index in [1.54, 1.807) is 0 Å². The maximum atomic E-state index is 12.4. The largest absolute Gasteiger partial charge is 0.490 e. The van der Waals surface area contributed by atoms with E-state index in [0.29, 0.717) is 6.61 Å². The molecular formula is C18H29N3O2. The van der Waals surface area contributed by atoms with Crippen molar-refractivity contribution >= 4 is 11.6 Å². The van der Waals surface area contributed by atoms with Crippen molar-refractivity contribution in [3.05, 3.63) is 24.3 Å². The molecule has 0 heterocycles. The van der Waals surface area contributed by atoms with Crippen molar-refractivity contribution in [2.24, 2.45) is 11.7 Å². The number of carbonyl (C=O) groups excluding carboxylic acids is 1. The number of para-hydroxylation sites is 2. The van der Waals surface area contributed by atoms with Crippen molar-refractivity contribution in [2.75, 3.05) is 31.6 Å². The molecule has 1 aromatic rings. The third kappa shape index (κ3) is 5.22. The lowest BCUT2D eigenvalue weighted by atomic mass is 10.1. The van der Waals surface area contributed by atoms with Gasteiger partial charge in [0.05, 0.1) is 5.69 Å². The molecule has 1 saturated carbocycles. The van der Waals surface area contributed by atoms with E-state index in [2.05, 4.69) is 24.1 Å². The van der Waals surface area contributed by atoms with Gasteiger partial charge in [-0.1, -0.05) is 26.0 Å². The molecular weight excluding hydrogens is 290 g/mol. The van der Waals surface area contributed by atoms with Gasteiger partial charge in [-0.25, -0.2) is 0 Å². The minimum atomic E-state index is 0.0220. The molecule has 0 saturated heterocycles. The van der Waals surface area contributed by atoms with Gasteiger partial charge in [0.2, 0.25) is 5.91 Å². The van der Waals surface area contributed by atoms with E-state index < -0.39 is 0 Å². The number of hydrogen-bond donors (Lipinski definition) is 2. The number of carbonyl (C=O) groups is 1. The summed E-state index contributed by atoms with van der Waals surface area (Å²) in [5, 5.41) is 3.01. The molecule has 1 aromatic carbocycles. The van der Waals surface area contributed by atoms with Gasteiger partial charge in [0.1, 0.15) is 12.4 Å². The average molecular weight is 319 g/mol. The first-order chi connectivity index (χ1) is 11.1. The molecule has 0 radical (unpaired) electrons. The fraction of sp³-hybridized carbons (Fsp3) is 0.611. The van der Waals surface area contributed by atoms with Crippen LogP contribution >= 0.6 is 0 Å². The highest BCUT2D eigenvalue weighted by Gasteiger charge is 2.28. The first-order valence-corrected chi connectivity index (χ1v) is 8.64. The minimum Gasteiger partial charge on any atom is -0.490 e. The quantitative estimate of drug-likeness (QED) is 0.772. The van der Waals surface area contributed by atoms with Crippen LogP contribution in [0.25, 0.3) is 0 Å². The number of likely N-dealkylation sites (N-methyl/N-ethyl adjacent to an activating group) is 1. The Hall–Kier alpha value is -1.59. The molecule has 1 amide bonds. The lowest BCUT2D eigenvalue weighted by Crippen LogP contribution is -2.28. The van der Waals surface area contributed by atoms with Crippen LogP contribution < -0.4 is 15.8 Å². The van der Waals surface area contributed by atoms with Gasteiger partial charge in [-0.3, -0.25) is 4.79 Å². The Kier molecular flexibility index (Phi) is 6.86. The van der Waals surface area contributed by atoms with Gasteiger partial charge in [0.25, 0.3) is 0 Å². The molecule has 5 nitrogen and oxygen atoms in total. The molecule has 1 aliphatic carbocycles. The maximum absolute atomic E-state index is 12.4. The number of anilines is 1. The summed E-state index contributed by atoms with van der Waals surface area (Å²) in [5.41, 5.74) is 6.64. The van der Waals surface area contributed by atoms with E-state index in [1.165, 1.54) is 0 Å². The highest BCUT2D eigenvalue weighted by atomic mass is 16.5. The van der Waals surface area contributed by atoms with Crippen LogP contribution in [-0.2, 0) is 4.79 Å². The van der Waals surface area contributed by atoms with Crippen LogP contribution in [0, 0.1) is 5.92 Å². The predicted molar refractivity (Wildman–Crippen MR) is 93.7 cm³/mol. The summed E-state index contributed by atoms with van der Waals surface area (Å²) in [6, 6.07) is 7.78. The highest BCUT2D eigenvalue weighted by molar-refractivity contribution is 5.94. The average Bonchev–Trinajstić information content (AvgIpc) is 3.00. The summed E-state index contributed by atoms with van der Waals surface area (Å²) in [4.78, 5) is 14.7. The lowest BCUT2D eigenvalue weighted by Gasteiger charge is -2.19. The molecule has 1 aliphatic rings. The second-order valence-electron chi connectivity index (χ2n) is 6.13. The summed E-state index contributed by atoms with van der Waals surface area (Å²) in [6.07, 6.45) is 2.58. The van der Waals surface area contributed by atoms with Crippen LogP contribution in [0.1, 0.15) is 33.1 Å². The topological polar surface area (TPSA) is 67.6 Å². The molecule has 0 aromatic heterocycles. The van der Waals surface area contributed by atoms with Crippen molar-refractivity contribution in [1.29, 1.82) is 0 Å². The second-order valence-corrected chi connectivity index (χ2v) is 6.13. The number of benzene rings is 1. The van der Waals surface area contributed by atoms with Crippen molar-refractivity contribution in [3.8, 4) is 5.75 Å². The summed E-state index contributed by atoms with van der Waals surface area (Å²) in [6.45, 7) is 7.81. The van der Waals surface area contributed by atoms with Crippen LogP contribution in [-0.4, -0.2) is 43.1 Å². The van der Waals surface area contributed by atoms with Gasteiger partial charge >= 0.3 is 0 Å². The fourth-order valence-corrected chi connectivity index (χ4v) is 3.01. The van der Waals surface area contributed by atoms with E-state index in [1.807, 2.05) is 24.3 Å². The van der Waals surface area contributed by atoms with Gasteiger partial charge in [-0.2, -0.15) is 0 Å². The number of nitrogens with two attached hydrogens (primary N) is 1. The summed E-state index contributed by atoms with van der Waals surface area (Å²) < 4.78 is 5.87. The predicted octanol–water partition coefficient (Wildman–Crippen LogP) is 2.47. The zero-order valence-corrected chi connectivity index (χ0v) is 14.3. The van der Waals surface area contributed by atoms with Crippen molar-refractivity contribution in [1.82, 2.24) is 4.90 Å². The number of amides is 1. The molecule has 3 N–H and O–H groups in total. The molecule has 1 fully saturated rings. The van der Waals surface area contributed by atoms with Crippen molar-refractivity contribution in [3.63, 3.8) is 0 Å². The standard InChI is InChI=1S/C18H29N3O2/c1-3-21(4-2)11-12-23-17-8-6-5-7-16(17)20-18(22)14-9-10-15(19)13-14/h5-8,14-15H,3-4,9-13,19H2,1-2H3,(H,20,22). The number of rotatable bonds is 8. The summed E-state index contributed by atoms with van der Waals surface area (Å²) in [7, 11) is 0. The third-order valence-corrected chi connectivity index (χ3v) is 4.55. The van der Waals surface area contributed by atoms with Gasteiger partial charge < -0.3 is 20.7 Å². The second kappa shape index (κ2) is 8.89. The van der Waals surface area contributed by atoms with Gasteiger partial charge in [0, 0.05) is 18.5 Å². The lowest BCUT2D eigenvalue weighted by molar-refractivity contribution is -0.119. The Morgan fingerprint density at radius 3 is 2.70 bits per heavy atom. The maximum Gasteiger partial charge on any atom is 0.227 e. The molecule has 2 rings (SSSR count). The first-order valence-electron chi connectivity index (χ1n) is 8.64. The molecule has 23 heavy (non-hydrogen) atoms. The SMILES string of the molecule is CCN(CC)CCOc1ccccc1NC(=O)C1CCC(N)C1. The van der Waals surface area contributed by atoms with Crippen LogP contribution in [0.15, 0.2) is 24.3 Å². The minimum absolute atomic E-state index is 0.0220. The summed E-state index contributed by atoms with van der Waals surface area (Å²) in [5.74, 6) is 0.807. The van der Waals surface area contributed by atoms with E-state index in [-0.39, 0.29) is 17.9 Å². The molecule has 2 atom stereocenters. The van der Waals surface area contributed by atoms with Crippen LogP contribution in [0.3, 0.4) is 0 Å². The zero-order valence-electron chi connectivity index (χ0n) is 14.3. The molecule has 0 bridgehead atoms. The Balaban J connectivity index is 1.90.